The first-order valence-corrected chi connectivity index (χ1v) is 11.2. The van der Waals surface area contributed by atoms with Crippen LogP contribution in [0.1, 0.15) is 56.2 Å². The molecule has 1 aliphatic heterocycles. The summed E-state index contributed by atoms with van der Waals surface area (Å²) in [6.45, 7) is 8.85. The largest absolute Gasteiger partial charge is 0.371 e. The number of fused-ring (bicyclic) bond motifs is 1. The van der Waals surface area contributed by atoms with E-state index in [0.717, 1.165) is 43.7 Å². The molecule has 164 valence electrons. The number of benzene rings is 1. The number of aromatic nitrogens is 3. The second-order valence-corrected chi connectivity index (χ2v) is 8.40. The van der Waals surface area contributed by atoms with Crippen molar-refractivity contribution < 1.29 is 9.18 Å². The summed E-state index contributed by atoms with van der Waals surface area (Å²) in [4.78, 5) is 19.2. The highest BCUT2D eigenvalue weighted by molar-refractivity contribution is 5.93. The van der Waals surface area contributed by atoms with Gasteiger partial charge in [0.05, 0.1) is 5.69 Å². The van der Waals surface area contributed by atoms with Crippen LogP contribution in [-0.4, -0.2) is 40.1 Å². The Morgan fingerprint density at radius 3 is 2.77 bits per heavy atom. The number of anilines is 1. The van der Waals surface area contributed by atoms with E-state index in [1.165, 1.54) is 0 Å². The monoisotopic (exact) mass is 423 g/mol. The summed E-state index contributed by atoms with van der Waals surface area (Å²) in [5.74, 6) is 0.146. The van der Waals surface area contributed by atoms with Crippen LogP contribution in [0.3, 0.4) is 0 Å². The maximum Gasteiger partial charge on any atom is 0.270 e. The first-order valence-electron chi connectivity index (χ1n) is 11.2. The molecule has 1 saturated heterocycles. The zero-order valence-electron chi connectivity index (χ0n) is 18.5. The lowest BCUT2D eigenvalue weighted by molar-refractivity contribution is 0.0948. The van der Waals surface area contributed by atoms with Gasteiger partial charge in [0.2, 0.25) is 0 Å². The number of nitrogens with zero attached hydrogens (tertiary/aromatic N) is 4. The van der Waals surface area contributed by atoms with E-state index in [2.05, 4.69) is 34.1 Å². The van der Waals surface area contributed by atoms with Gasteiger partial charge in [-0.05, 0) is 49.4 Å². The highest BCUT2D eigenvalue weighted by Gasteiger charge is 2.21. The predicted octanol–water partition coefficient (Wildman–Crippen LogP) is 4.47. The first-order chi connectivity index (χ1) is 15.0. The molecule has 6 nitrogen and oxygen atoms in total. The molecular formula is C24H30FN5O. The third-order valence-corrected chi connectivity index (χ3v) is 5.93. The highest BCUT2D eigenvalue weighted by atomic mass is 19.1. The van der Waals surface area contributed by atoms with Crippen LogP contribution in [0, 0.1) is 11.7 Å². The van der Waals surface area contributed by atoms with E-state index in [1.54, 1.807) is 28.8 Å². The van der Waals surface area contributed by atoms with Gasteiger partial charge in [-0.25, -0.2) is 13.9 Å². The Labute approximate surface area is 182 Å². The normalized spacial score (nSPS) is 16.3. The first kappa shape index (κ1) is 21.3. The number of rotatable bonds is 7. The molecule has 0 radical (unpaired) electrons. The number of amides is 1. The molecule has 2 aromatic heterocycles. The summed E-state index contributed by atoms with van der Waals surface area (Å²) in [6.07, 6.45) is 3.76. The number of halogens is 1. The van der Waals surface area contributed by atoms with Gasteiger partial charge >= 0.3 is 0 Å². The van der Waals surface area contributed by atoms with E-state index in [4.69, 9.17) is 0 Å². The van der Waals surface area contributed by atoms with E-state index < -0.39 is 0 Å². The minimum absolute atomic E-state index is 0.191. The van der Waals surface area contributed by atoms with E-state index >= 15 is 4.39 Å². The molecule has 0 unspecified atom stereocenters. The molecule has 3 aromatic rings. The van der Waals surface area contributed by atoms with Gasteiger partial charge in [0, 0.05) is 42.6 Å². The quantitative estimate of drug-likeness (QED) is 0.570. The van der Waals surface area contributed by atoms with E-state index in [9.17, 15) is 4.79 Å². The van der Waals surface area contributed by atoms with Gasteiger partial charge in [0.25, 0.3) is 5.91 Å². The van der Waals surface area contributed by atoms with Crippen molar-refractivity contribution in [3.63, 3.8) is 0 Å². The lowest BCUT2D eigenvalue weighted by Crippen LogP contribution is -2.25. The van der Waals surface area contributed by atoms with Crippen LogP contribution in [-0.2, 0) is 6.42 Å². The molecule has 0 aliphatic carbocycles. The summed E-state index contributed by atoms with van der Waals surface area (Å²) in [6, 6.07) is 8.86. The summed E-state index contributed by atoms with van der Waals surface area (Å²) in [5, 5.41) is 7.50. The minimum atomic E-state index is -0.295. The maximum absolute atomic E-state index is 15.0. The topological polar surface area (TPSA) is 62.5 Å². The fourth-order valence-corrected chi connectivity index (χ4v) is 4.08. The van der Waals surface area contributed by atoms with Crippen molar-refractivity contribution in [2.24, 2.45) is 5.92 Å². The molecule has 1 aromatic carbocycles. The van der Waals surface area contributed by atoms with Crippen LogP contribution >= 0.6 is 0 Å². The van der Waals surface area contributed by atoms with Crippen LogP contribution in [0.25, 0.3) is 16.9 Å². The second-order valence-electron chi connectivity index (χ2n) is 8.40. The van der Waals surface area contributed by atoms with Crippen LogP contribution in [0.4, 0.5) is 10.1 Å². The summed E-state index contributed by atoms with van der Waals surface area (Å²) in [5.41, 5.74) is 3.65. The fraction of sp³-hybridized carbons (Fsp3) is 0.458. The van der Waals surface area contributed by atoms with Crippen molar-refractivity contribution in [3.8, 4) is 11.3 Å². The van der Waals surface area contributed by atoms with Gasteiger partial charge in [-0.15, -0.1) is 0 Å². The molecule has 7 heteroatoms. The molecule has 0 spiro atoms. The molecule has 4 rings (SSSR count). The number of unbranched alkanes of at least 4 members (excludes halogenated alkanes) is 1. The molecule has 1 N–H and O–H groups in total. The maximum atomic E-state index is 15.0. The zero-order valence-corrected chi connectivity index (χ0v) is 18.5. The second kappa shape index (κ2) is 9.04. The standard InChI is InChI=1S/C24H30FN5O/c1-4-6-10-26-24(31)22-13-17(5-2)30-23(27-22)14-21(28-30)19-8-7-18(12-20(19)25)29-11-9-16(3)15-29/h7-8,12-14,16H,4-6,9-11,15H2,1-3H3,(H,26,31)/t16-/m1/s1. The van der Waals surface area contributed by atoms with Crippen molar-refractivity contribution in [1.82, 2.24) is 19.9 Å². The van der Waals surface area contributed by atoms with Gasteiger partial charge < -0.3 is 10.2 Å². The van der Waals surface area contributed by atoms with E-state index in [0.29, 0.717) is 41.5 Å². The Morgan fingerprint density at radius 1 is 1.26 bits per heavy atom. The number of aryl methyl sites for hydroxylation is 1. The SMILES string of the molecule is CCCCNC(=O)c1cc(CC)n2nc(-c3ccc(N4CC[C@@H](C)C4)cc3F)cc2n1. The number of nitrogens with one attached hydrogen (secondary N) is 1. The molecule has 1 atom stereocenters. The van der Waals surface area contributed by atoms with E-state index in [-0.39, 0.29) is 11.7 Å². The number of carbonyl (C=O) groups excluding carboxylic acids is 1. The zero-order chi connectivity index (χ0) is 22.0. The minimum Gasteiger partial charge on any atom is -0.371 e. The molecule has 31 heavy (non-hydrogen) atoms. The van der Waals surface area contributed by atoms with Crippen LogP contribution in [0.2, 0.25) is 0 Å². The van der Waals surface area contributed by atoms with Crippen molar-refractivity contribution in [2.75, 3.05) is 24.5 Å². The van der Waals surface area contributed by atoms with Crippen molar-refractivity contribution in [2.45, 2.75) is 46.5 Å². The lowest BCUT2D eigenvalue weighted by Gasteiger charge is -2.18. The Bertz CT molecular complexity index is 1090. The average molecular weight is 424 g/mol. The predicted molar refractivity (Wildman–Crippen MR) is 121 cm³/mol. The number of hydrogen-bond acceptors (Lipinski definition) is 4. The molecule has 0 bridgehead atoms. The van der Waals surface area contributed by atoms with Crippen molar-refractivity contribution >= 4 is 17.2 Å². The molecule has 0 saturated carbocycles. The Balaban J connectivity index is 1.65. The van der Waals surface area contributed by atoms with Gasteiger partial charge in [-0.1, -0.05) is 27.2 Å². The summed E-state index contributed by atoms with van der Waals surface area (Å²) in [7, 11) is 0. The van der Waals surface area contributed by atoms with Crippen molar-refractivity contribution in [1.29, 1.82) is 0 Å². The molecule has 1 amide bonds. The molecule has 3 heterocycles. The highest BCUT2D eigenvalue weighted by Crippen LogP contribution is 2.29. The number of hydrogen-bond donors (Lipinski definition) is 1. The van der Waals surface area contributed by atoms with Gasteiger partial charge in [-0.2, -0.15) is 5.10 Å². The third-order valence-electron chi connectivity index (χ3n) is 5.93. The lowest BCUT2D eigenvalue weighted by atomic mass is 10.1. The summed E-state index contributed by atoms with van der Waals surface area (Å²) < 4.78 is 16.7. The number of carbonyl (C=O) groups is 1. The third kappa shape index (κ3) is 4.40. The van der Waals surface area contributed by atoms with Crippen molar-refractivity contribution in [3.05, 3.63) is 47.5 Å². The molecule has 1 aliphatic rings. The molecular weight excluding hydrogens is 393 g/mol. The molecule has 1 fully saturated rings. The van der Waals surface area contributed by atoms with Crippen LogP contribution in [0.5, 0.6) is 0 Å². The van der Waals surface area contributed by atoms with Gasteiger partial charge in [0.15, 0.2) is 5.65 Å². The fourth-order valence-electron chi connectivity index (χ4n) is 4.08. The Kier molecular flexibility index (Phi) is 6.20. The van der Waals surface area contributed by atoms with Gasteiger partial charge in [0.1, 0.15) is 11.5 Å². The Hall–Kier alpha value is -2.96. The van der Waals surface area contributed by atoms with Crippen LogP contribution in [0.15, 0.2) is 30.3 Å². The van der Waals surface area contributed by atoms with E-state index in [1.807, 2.05) is 13.0 Å². The van der Waals surface area contributed by atoms with Crippen LogP contribution < -0.4 is 10.2 Å². The average Bonchev–Trinajstić information content (AvgIpc) is 3.39. The smallest absolute Gasteiger partial charge is 0.270 e. The Morgan fingerprint density at radius 2 is 2.10 bits per heavy atom. The van der Waals surface area contributed by atoms with Gasteiger partial charge in [-0.3, -0.25) is 4.79 Å². The summed E-state index contributed by atoms with van der Waals surface area (Å²) >= 11 is 0.